The summed E-state index contributed by atoms with van der Waals surface area (Å²) in [4.78, 5) is 0. The molecule has 0 spiro atoms. The Morgan fingerprint density at radius 3 is 2.67 bits per heavy atom. The minimum absolute atomic E-state index is 0.0752. The quantitative estimate of drug-likeness (QED) is 0.781. The van der Waals surface area contributed by atoms with E-state index < -0.39 is 0 Å². The molecular formula is C9H12FNS. The molecule has 3 heteroatoms. The molecule has 0 aliphatic heterocycles. The molecule has 0 aromatic heterocycles. The summed E-state index contributed by atoms with van der Waals surface area (Å²) in [6, 6.07) is 6.77. The standard InChI is InChI=1S/C9H12FNS/c1-12-9(6-11)7-4-2-3-5-8(7)10/h2-5,9H,6,11H2,1H3. The Hall–Kier alpha value is -0.540. The Morgan fingerprint density at radius 2 is 2.17 bits per heavy atom. The molecule has 1 atom stereocenters. The molecule has 0 aliphatic carbocycles. The number of hydrogen-bond acceptors (Lipinski definition) is 2. The highest BCUT2D eigenvalue weighted by Gasteiger charge is 2.11. The topological polar surface area (TPSA) is 26.0 Å². The second-order valence-electron chi connectivity index (χ2n) is 2.48. The van der Waals surface area contributed by atoms with E-state index in [9.17, 15) is 4.39 Å². The van der Waals surface area contributed by atoms with Crippen LogP contribution < -0.4 is 5.73 Å². The normalized spacial score (nSPS) is 12.9. The Bertz CT molecular complexity index is 248. The molecule has 0 fully saturated rings. The van der Waals surface area contributed by atoms with E-state index in [0.717, 1.165) is 0 Å². The smallest absolute Gasteiger partial charge is 0.127 e. The lowest BCUT2D eigenvalue weighted by molar-refractivity contribution is 0.608. The van der Waals surface area contributed by atoms with Gasteiger partial charge in [-0.2, -0.15) is 11.8 Å². The van der Waals surface area contributed by atoms with E-state index in [2.05, 4.69) is 0 Å². The van der Waals surface area contributed by atoms with E-state index in [1.807, 2.05) is 12.3 Å². The highest BCUT2D eigenvalue weighted by atomic mass is 32.2. The zero-order valence-electron chi connectivity index (χ0n) is 6.96. The van der Waals surface area contributed by atoms with Gasteiger partial charge in [-0.1, -0.05) is 18.2 Å². The van der Waals surface area contributed by atoms with Crippen LogP contribution in [0.2, 0.25) is 0 Å². The van der Waals surface area contributed by atoms with Crippen molar-refractivity contribution in [1.29, 1.82) is 0 Å². The van der Waals surface area contributed by atoms with Crippen molar-refractivity contribution >= 4 is 11.8 Å². The van der Waals surface area contributed by atoms with Gasteiger partial charge in [0, 0.05) is 17.4 Å². The van der Waals surface area contributed by atoms with Gasteiger partial charge in [-0.25, -0.2) is 4.39 Å². The molecule has 2 N–H and O–H groups in total. The molecule has 0 bridgehead atoms. The van der Waals surface area contributed by atoms with Gasteiger partial charge in [0.2, 0.25) is 0 Å². The van der Waals surface area contributed by atoms with Gasteiger partial charge in [-0.3, -0.25) is 0 Å². The summed E-state index contributed by atoms with van der Waals surface area (Å²) >= 11 is 1.57. The first kappa shape index (κ1) is 9.55. The number of halogens is 1. The number of hydrogen-bond donors (Lipinski definition) is 1. The fraction of sp³-hybridized carbons (Fsp3) is 0.333. The van der Waals surface area contributed by atoms with Crippen molar-refractivity contribution in [2.75, 3.05) is 12.8 Å². The van der Waals surface area contributed by atoms with E-state index in [-0.39, 0.29) is 11.1 Å². The van der Waals surface area contributed by atoms with Gasteiger partial charge in [-0.15, -0.1) is 0 Å². The lowest BCUT2D eigenvalue weighted by atomic mass is 10.1. The molecule has 0 radical (unpaired) electrons. The van der Waals surface area contributed by atoms with Crippen LogP contribution in [0.3, 0.4) is 0 Å². The van der Waals surface area contributed by atoms with Crippen molar-refractivity contribution in [2.24, 2.45) is 5.73 Å². The van der Waals surface area contributed by atoms with Gasteiger partial charge < -0.3 is 5.73 Å². The van der Waals surface area contributed by atoms with Crippen molar-refractivity contribution in [1.82, 2.24) is 0 Å². The average molecular weight is 185 g/mol. The van der Waals surface area contributed by atoms with Crippen LogP contribution in [-0.2, 0) is 0 Å². The molecule has 0 aliphatic rings. The van der Waals surface area contributed by atoms with E-state index in [4.69, 9.17) is 5.73 Å². The Kier molecular flexibility index (Phi) is 3.56. The zero-order chi connectivity index (χ0) is 8.97. The number of rotatable bonds is 3. The third kappa shape index (κ3) is 1.99. The van der Waals surface area contributed by atoms with Crippen LogP contribution in [0.15, 0.2) is 24.3 Å². The maximum absolute atomic E-state index is 13.1. The monoisotopic (exact) mass is 185 g/mol. The van der Waals surface area contributed by atoms with E-state index in [0.29, 0.717) is 12.1 Å². The highest BCUT2D eigenvalue weighted by molar-refractivity contribution is 7.98. The highest BCUT2D eigenvalue weighted by Crippen LogP contribution is 2.26. The first-order valence-electron chi connectivity index (χ1n) is 3.77. The molecule has 1 unspecified atom stereocenters. The van der Waals surface area contributed by atoms with Crippen molar-refractivity contribution in [3.8, 4) is 0 Å². The third-order valence-electron chi connectivity index (χ3n) is 1.75. The van der Waals surface area contributed by atoms with Gasteiger partial charge in [0.05, 0.1) is 0 Å². The lowest BCUT2D eigenvalue weighted by Crippen LogP contribution is -2.10. The summed E-state index contributed by atoms with van der Waals surface area (Å²) in [5.74, 6) is -0.165. The summed E-state index contributed by atoms with van der Waals surface area (Å²) in [7, 11) is 0. The van der Waals surface area contributed by atoms with Crippen LogP contribution in [0.4, 0.5) is 4.39 Å². The molecule has 0 heterocycles. The minimum Gasteiger partial charge on any atom is -0.329 e. The summed E-state index contributed by atoms with van der Waals surface area (Å²) in [5.41, 5.74) is 6.20. The second kappa shape index (κ2) is 4.48. The predicted molar refractivity (Wildman–Crippen MR) is 51.7 cm³/mol. The van der Waals surface area contributed by atoms with Crippen LogP contribution in [0.5, 0.6) is 0 Å². The number of nitrogens with two attached hydrogens (primary N) is 1. The zero-order valence-corrected chi connectivity index (χ0v) is 7.77. The molecule has 0 saturated carbocycles. The largest absolute Gasteiger partial charge is 0.329 e. The lowest BCUT2D eigenvalue weighted by Gasteiger charge is -2.12. The van der Waals surface area contributed by atoms with Crippen LogP contribution in [0, 0.1) is 5.82 Å². The fourth-order valence-electron chi connectivity index (χ4n) is 1.09. The van der Waals surface area contributed by atoms with Gasteiger partial charge in [0.15, 0.2) is 0 Å². The van der Waals surface area contributed by atoms with Crippen molar-refractivity contribution < 1.29 is 4.39 Å². The van der Waals surface area contributed by atoms with Gasteiger partial charge in [0.1, 0.15) is 5.82 Å². The Labute approximate surface area is 76.2 Å². The molecular weight excluding hydrogens is 173 g/mol. The molecule has 12 heavy (non-hydrogen) atoms. The van der Waals surface area contributed by atoms with Crippen molar-refractivity contribution in [2.45, 2.75) is 5.25 Å². The minimum atomic E-state index is -0.165. The molecule has 0 saturated heterocycles. The van der Waals surface area contributed by atoms with Crippen molar-refractivity contribution in [3.05, 3.63) is 35.6 Å². The molecule has 66 valence electrons. The maximum Gasteiger partial charge on any atom is 0.127 e. The Balaban J connectivity index is 2.92. The van der Waals surface area contributed by atoms with Crippen LogP contribution in [0.25, 0.3) is 0 Å². The second-order valence-corrected chi connectivity index (χ2v) is 3.52. The summed E-state index contributed by atoms with van der Waals surface area (Å²) in [6.45, 7) is 0.474. The summed E-state index contributed by atoms with van der Waals surface area (Å²) in [6.07, 6.45) is 1.93. The van der Waals surface area contributed by atoms with Crippen LogP contribution >= 0.6 is 11.8 Å². The van der Waals surface area contributed by atoms with E-state index >= 15 is 0 Å². The first-order valence-corrected chi connectivity index (χ1v) is 5.05. The fourth-order valence-corrected chi connectivity index (χ4v) is 1.72. The number of benzene rings is 1. The third-order valence-corrected chi connectivity index (χ3v) is 2.77. The van der Waals surface area contributed by atoms with Crippen molar-refractivity contribution in [3.63, 3.8) is 0 Å². The summed E-state index contributed by atoms with van der Waals surface area (Å²) in [5, 5.41) is 0.0752. The Morgan fingerprint density at radius 1 is 1.50 bits per heavy atom. The van der Waals surface area contributed by atoms with E-state index in [1.165, 1.54) is 6.07 Å². The number of thioether (sulfide) groups is 1. The first-order chi connectivity index (χ1) is 5.79. The SMILES string of the molecule is CSC(CN)c1ccccc1F. The van der Waals surface area contributed by atoms with Gasteiger partial charge in [-0.05, 0) is 12.3 Å². The van der Waals surface area contributed by atoms with Crippen LogP contribution in [-0.4, -0.2) is 12.8 Å². The van der Waals surface area contributed by atoms with E-state index in [1.54, 1.807) is 23.9 Å². The van der Waals surface area contributed by atoms with Gasteiger partial charge in [0.25, 0.3) is 0 Å². The summed E-state index contributed by atoms with van der Waals surface area (Å²) < 4.78 is 13.1. The molecule has 1 aromatic carbocycles. The maximum atomic E-state index is 13.1. The molecule has 0 amide bonds. The van der Waals surface area contributed by atoms with Gasteiger partial charge >= 0.3 is 0 Å². The molecule has 1 rings (SSSR count). The molecule has 1 aromatic rings. The van der Waals surface area contributed by atoms with Crippen LogP contribution in [0.1, 0.15) is 10.8 Å². The predicted octanol–water partition coefficient (Wildman–Crippen LogP) is 2.19. The molecule has 1 nitrogen and oxygen atoms in total. The average Bonchev–Trinajstić information content (AvgIpc) is 2.10.